The SMILES string of the molecule is COc1cnc(NC(=O)N2CCCC(C(=O)O)C2)s1. The lowest BCUT2D eigenvalue weighted by Gasteiger charge is -2.30. The fraction of sp³-hybridized carbons (Fsp3) is 0.545. The normalized spacial score (nSPS) is 19.0. The summed E-state index contributed by atoms with van der Waals surface area (Å²) in [6, 6.07) is -0.317. The molecule has 1 fully saturated rings. The number of urea groups is 1. The number of hydrogen-bond donors (Lipinski definition) is 2. The molecule has 2 rings (SSSR count). The van der Waals surface area contributed by atoms with Crippen molar-refractivity contribution in [1.29, 1.82) is 0 Å². The molecule has 1 aromatic rings. The van der Waals surface area contributed by atoms with Crippen LogP contribution in [-0.4, -0.2) is 47.2 Å². The zero-order valence-electron chi connectivity index (χ0n) is 10.5. The Morgan fingerprint density at radius 2 is 2.42 bits per heavy atom. The first-order chi connectivity index (χ1) is 9.10. The highest BCUT2D eigenvalue weighted by molar-refractivity contribution is 7.17. The molecule has 0 radical (unpaired) electrons. The van der Waals surface area contributed by atoms with Gasteiger partial charge in [-0.25, -0.2) is 9.78 Å². The van der Waals surface area contributed by atoms with Crippen LogP contribution in [0, 0.1) is 5.92 Å². The van der Waals surface area contributed by atoms with E-state index < -0.39 is 11.9 Å². The minimum absolute atomic E-state index is 0.240. The van der Waals surface area contributed by atoms with Gasteiger partial charge < -0.3 is 14.7 Å². The molecular weight excluding hydrogens is 270 g/mol. The summed E-state index contributed by atoms with van der Waals surface area (Å²) in [5.74, 6) is -1.33. The smallest absolute Gasteiger partial charge is 0.323 e. The molecule has 1 saturated heterocycles. The third kappa shape index (κ3) is 3.34. The van der Waals surface area contributed by atoms with Crippen LogP contribution >= 0.6 is 11.3 Å². The number of aromatic nitrogens is 1. The lowest BCUT2D eigenvalue weighted by Crippen LogP contribution is -2.44. The Hall–Kier alpha value is -1.83. The third-order valence-corrected chi connectivity index (χ3v) is 3.83. The summed E-state index contributed by atoms with van der Waals surface area (Å²) in [5, 5.41) is 12.7. The lowest BCUT2D eigenvalue weighted by atomic mass is 9.99. The van der Waals surface area contributed by atoms with Crippen molar-refractivity contribution in [3.63, 3.8) is 0 Å². The molecule has 2 heterocycles. The zero-order chi connectivity index (χ0) is 13.8. The highest BCUT2D eigenvalue weighted by atomic mass is 32.1. The van der Waals surface area contributed by atoms with Crippen LogP contribution in [0.25, 0.3) is 0 Å². The molecule has 0 bridgehead atoms. The minimum Gasteiger partial charge on any atom is -0.486 e. The quantitative estimate of drug-likeness (QED) is 0.877. The second-order valence-electron chi connectivity index (χ2n) is 4.24. The minimum atomic E-state index is -0.853. The number of likely N-dealkylation sites (tertiary alicyclic amines) is 1. The van der Waals surface area contributed by atoms with Gasteiger partial charge in [0.05, 0.1) is 19.2 Å². The molecule has 0 saturated carbocycles. The Kier molecular flexibility index (Phi) is 4.20. The van der Waals surface area contributed by atoms with Gasteiger partial charge in [-0.05, 0) is 12.8 Å². The molecule has 19 heavy (non-hydrogen) atoms. The van der Waals surface area contributed by atoms with Crippen LogP contribution < -0.4 is 10.1 Å². The maximum Gasteiger partial charge on any atom is 0.323 e. The monoisotopic (exact) mass is 285 g/mol. The number of nitrogens with one attached hydrogen (secondary N) is 1. The molecule has 0 aliphatic carbocycles. The van der Waals surface area contributed by atoms with Crippen molar-refractivity contribution in [2.75, 3.05) is 25.5 Å². The highest BCUT2D eigenvalue weighted by Gasteiger charge is 2.28. The van der Waals surface area contributed by atoms with Crippen molar-refractivity contribution in [2.24, 2.45) is 5.92 Å². The summed E-state index contributed by atoms with van der Waals surface area (Å²) in [7, 11) is 1.53. The molecule has 1 aromatic heterocycles. The Morgan fingerprint density at radius 1 is 1.63 bits per heavy atom. The van der Waals surface area contributed by atoms with Crippen LogP contribution in [-0.2, 0) is 4.79 Å². The number of carbonyl (C=O) groups is 2. The number of amides is 2. The number of rotatable bonds is 3. The molecule has 104 valence electrons. The average molecular weight is 285 g/mol. The molecule has 7 nitrogen and oxygen atoms in total. The van der Waals surface area contributed by atoms with Crippen LogP contribution in [0.4, 0.5) is 9.93 Å². The third-order valence-electron chi connectivity index (χ3n) is 2.96. The van der Waals surface area contributed by atoms with E-state index in [1.807, 2.05) is 0 Å². The van der Waals surface area contributed by atoms with Gasteiger partial charge in [0.1, 0.15) is 0 Å². The van der Waals surface area contributed by atoms with E-state index in [1.54, 1.807) is 0 Å². The Labute approximate surface area is 114 Å². The second kappa shape index (κ2) is 5.87. The van der Waals surface area contributed by atoms with Crippen molar-refractivity contribution < 1.29 is 19.4 Å². The number of carboxylic acid groups (broad SMARTS) is 1. The maximum atomic E-state index is 12.0. The number of hydrogen-bond acceptors (Lipinski definition) is 5. The predicted octanol–water partition coefficient (Wildman–Crippen LogP) is 1.48. The summed E-state index contributed by atoms with van der Waals surface area (Å²) in [6.07, 6.45) is 2.84. The van der Waals surface area contributed by atoms with Crippen molar-refractivity contribution in [2.45, 2.75) is 12.8 Å². The van der Waals surface area contributed by atoms with E-state index in [-0.39, 0.29) is 12.6 Å². The fourth-order valence-electron chi connectivity index (χ4n) is 1.95. The predicted molar refractivity (Wildman–Crippen MR) is 69.6 cm³/mol. The summed E-state index contributed by atoms with van der Waals surface area (Å²) in [4.78, 5) is 28.4. The molecule has 1 aliphatic rings. The van der Waals surface area contributed by atoms with Crippen molar-refractivity contribution in [3.05, 3.63) is 6.20 Å². The van der Waals surface area contributed by atoms with Gasteiger partial charge >= 0.3 is 12.0 Å². The molecule has 2 N–H and O–H groups in total. The topological polar surface area (TPSA) is 91.8 Å². The van der Waals surface area contributed by atoms with E-state index in [9.17, 15) is 9.59 Å². The van der Waals surface area contributed by atoms with Crippen LogP contribution in [0.3, 0.4) is 0 Å². The molecule has 8 heteroatoms. The summed E-state index contributed by atoms with van der Waals surface area (Å²) < 4.78 is 4.98. The van der Waals surface area contributed by atoms with E-state index >= 15 is 0 Å². The van der Waals surface area contributed by atoms with Gasteiger partial charge in [-0.1, -0.05) is 11.3 Å². The molecule has 1 unspecified atom stereocenters. The number of ether oxygens (including phenoxy) is 1. The van der Waals surface area contributed by atoms with Gasteiger partial charge in [0.2, 0.25) is 0 Å². The molecule has 1 atom stereocenters. The van der Waals surface area contributed by atoms with Gasteiger partial charge in [0, 0.05) is 13.1 Å². The van der Waals surface area contributed by atoms with Crippen molar-refractivity contribution >= 4 is 28.5 Å². The standard InChI is InChI=1S/C11H15N3O4S/c1-18-8-5-12-10(19-8)13-11(17)14-4-2-3-7(6-14)9(15)16/h5,7H,2-4,6H2,1H3,(H,15,16)(H,12,13,17). The number of carbonyl (C=O) groups excluding carboxylic acids is 1. The number of anilines is 1. The van der Waals surface area contributed by atoms with Gasteiger partial charge in [-0.3, -0.25) is 10.1 Å². The number of nitrogens with zero attached hydrogens (tertiary/aromatic N) is 2. The van der Waals surface area contributed by atoms with E-state index in [0.29, 0.717) is 29.6 Å². The first-order valence-corrected chi connectivity index (χ1v) is 6.70. The molecular formula is C11H15N3O4S. The number of carboxylic acids is 1. The lowest BCUT2D eigenvalue weighted by molar-refractivity contribution is -0.143. The van der Waals surface area contributed by atoms with E-state index in [2.05, 4.69) is 10.3 Å². The van der Waals surface area contributed by atoms with Gasteiger partial charge in [-0.2, -0.15) is 0 Å². The fourth-order valence-corrected chi connectivity index (χ4v) is 2.57. The number of piperidine rings is 1. The zero-order valence-corrected chi connectivity index (χ0v) is 11.3. The Morgan fingerprint density at radius 3 is 3.05 bits per heavy atom. The largest absolute Gasteiger partial charge is 0.486 e. The van der Waals surface area contributed by atoms with Crippen LogP contribution in [0.15, 0.2) is 6.20 Å². The summed E-state index contributed by atoms with van der Waals surface area (Å²) >= 11 is 1.22. The van der Waals surface area contributed by atoms with Crippen LogP contribution in [0.1, 0.15) is 12.8 Å². The number of thiazole rings is 1. The molecule has 1 aliphatic heterocycles. The van der Waals surface area contributed by atoms with E-state index in [1.165, 1.54) is 29.5 Å². The van der Waals surface area contributed by atoms with Crippen LogP contribution in [0.2, 0.25) is 0 Å². The summed E-state index contributed by atoms with van der Waals surface area (Å²) in [5.41, 5.74) is 0. The maximum absolute atomic E-state index is 12.0. The Balaban J connectivity index is 1.93. The number of methoxy groups -OCH3 is 1. The van der Waals surface area contributed by atoms with Gasteiger partial charge in [0.15, 0.2) is 10.2 Å². The highest BCUT2D eigenvalue weighted by Crippen LogP contribution is 2.25. The second-order valence-corrected chi connectivity index (χ2v) is 5.24. The van der Waals surface area contributed by atoms with Gasteiger partial charge in [-0.15, -0.1) is 0 Å². The summed E-state index contributed by atoms with van der Waals surface area (Å²) in [6.45, 7) is 0.807. The molecule has 0 spiro atoms. The molecule has 0 aromatic carbocycles. The molecule has 2 amide bonds. The average Bonchev–Trinajstić information content (AvgIpc) is 2.86. The van der Waals surface area contributed by atoms with Crippen molar-refractivity contribution in [1.82, 2.24) is 9.88 Å². The number of aliphatic carboxylic acids is 1. The van der Waals surface area contributed by atoms with Crippen molar-refractivity contribution in [3.8, 4) is 5.06 Å². The first kappa shape index (κ1) is 13.6. The van der Waals surface area contributed by atoms with Crippen LogP contribution in [0.5, 0.6) is 5.06 Å². The van der Waals surface area contributed by atoms with E-state index in [4.69, 9.17) is 9.84 Å². The first-order valence-electron chi connectivity index (χ1n) is 5.88. The van der Waals surface area contributed by atoms with E-state index in [0.717, 1.165) is 0 Å². The van der Waals surface area contributed by atoms with Gasteiger partial charge in [0.25, 0.3) is 0 Å². The Bertz CT molecular complexity index is 476.